The van der Waals surface area contributed by atoms with E-state index in [9.17, 15) is 0 Å². The Bertz CT molecular complexity index is 260. The topological polar surface area (TPSA) is 18.5 Å². The molecule has 0 amide bonds. The number of piperazine rings is 1. The van der Waals surface area contributed by atoms with Crippen molar-refractivity contribution in [2.24, 2.45) is 5.41 Å². The van der Waals surface area contributed by atoms with Crippen molar-refractivity contribution in [2.45, 2.75) is 52.1 Å². The molecule has 1 atom stereocenters. The molecule has 106 valence electrons. The number of nitrogens with zero attached hydrogens (tertiary/aromatic N) is 2. The van der Waals surface area contributed by atoms with Crippen molar-refractivity contribution in [3.63, 3.8) is 0 Å². The molecule has 1 saturated heterocycles. The standard InChI is InChI=1S/C15H31N3/c1-5-14-10-18(9-8-17(14)4)12-15(2,3)11-16-13-6-7-13/h13-14,16H,5-12H2,1-4H3. The van der Waals surface area contributed by atoms with Gasteiger partial charge >= 0.3 is 0 Å². The molecule has 3 nitrogen and oxygen atoms in total. The van der Waals surface area contributed by atoms with Crippen molar-refractivity contribution in [3.8, 4) is 0 Å². The van der Waals surface area contributed by atoms with Gasteiger partial charge in [0.1, 0.15) is 0 Å². The molecule has 0 bridgehead atoms. The van der Waals surface area contributed by atoms with E-state index in [1.165, 1.54) is 52.0 Å². The lowest BCUT2D eigenvalue weighted by Crippen LogP contribution is -2.54. The van der Waals surface area contributed by atoms with Gasteiger partial charge in [-0.3, -0.25) is 4.90 Å². The normalized spacial score (nSPS) is 27.7. The molecule has 1 unspecified atom stereocenters. The fourth-order valence-electron chi connectivity index (χ4n) is 2.96. The average Bonchev–Trinajstić information content (AvgIpc) is 3.13. The Morgan fingerprint density at radius 1 is 1.22 bits per heavy atom. The van der Waals surface area contributed by atoms with Gasteiger partial charge in [-0.15, -0.1) is 0 Å². The summed E-state index contributed by atoms with van der Waals surface area (Å²) in [5.41, 5.74) is 0.400. The maximum absolute atomic E-state index is 3.68. The molecule has 2 rings (SSSR count). The first-order valence-corrected chi connectivity index (χ1v) is 7.66. The van der Waals surface area contributed by atoms with Crippen LogP contribution in [0.1, 0.15) is 40.0 Å². The molecule has 1 saturated carbocycles. The van der Waals surface area contributed by atoms with Gasteiger partial charge in [0.15, 0.2) is 0 Å². The smallest absolute Gasteiger partial charge is 0.0218 e. The van der Waals surface area contributed by atoms with Crippen LogP contribution in [-0.4, -0.2) is 61.7 Å². The summed E-state index contributed by atoms with van der Waals surface area (Å²) in [6.07, 6.45) is 4.05. The maximum Gasteiger partial charge on any atom is 0.0218 e. The lowest BCUT2D eigenvalue weighted by Gasteiger charge is -2.42. The van der Waals surface area contributed by atoms with Crippen LogP contribution in [0.3, 0.4) is 0 Å². The number of rotatable bonds is 6. The molecular weight excluding hydrogens is 222 g/mol. The fraction of sp³-hybridized carbons (Fsp3) is 1.00. The Kier molecular flexibility index (Phi) is 4.68. The van der Waals surface area contributed by atoms with E-state index in [4.69, 9.17) is 0 Å². The molecule has 1 N–H and O–H groups in total. The van der Waals surface area contributed by atoms with Gasteiger partial charge in [0.05, 0.1) is 0 Å². The van der Waals surface area contributed by atoms with Gasteiger partial charge in [-0.1, -0.05) is 20.8 Å². The zero-order chi connectivity index (χ0) is 13.2. The molecule has 3 heteroatoms. The quantitative estimate of drug-likeness (QED) is 0.778. The van der Waals surface area contributed by atoms with Crippen molar-refractivity contribution >= 4 is 0 Å². The van der Waals surface area contributed by atoms with E-state index in [1.807, 2.05) is 0 Å². The average molecular weight is 253 g/mol. The SMILES string of the molecule is CCC1CN(CC(C)(C)CNC2CC2)CCN1C. The van der Waals surface area contributed by atoms with Crippen molar-refractivity contribution in [1.29, 1.82) is 0 Å². The molecule has 0 aromatic rings. The summed E-state index contributed by atoms with van der Waals surface area (Å²) in [5, 5.41) is 3.68. The first-order valence-electron chi connectivity index (χ1n) is 7.66. The van der Waals surface area contributed by atoms with Crippen molar-refractivity contribution in [2.75, 3.05) is 39.8 Å². The molecule has 1 aliphatic heterocycles. The van der Waals surface area contributed by atoms with E-state index < -0.39 is 0 Å². The summed E-state index contributed by atoms with van der Waals surface area (Å²) in [6, 6.07) is 1.59. The lowest BCUT2D eigenvalue weighted by molar-refractivity contribution is 0.0655. The second-order valence-corrected chi connectivity index (χ2v) is 7.10. The van der Waals surface area contributed by atoms with Crippen molar-refractivity contribution in [3.05, 3.63) is 0 Å². The third-order valence-corrected chi connectivity index (χ3v) is 4.43. The molecule has 0 spiro atoms. The van der Waals surface area contributed by atoms with Crippen LogP contribution in [0.15, 0.2) is 0 Å². The highest BCUT2D eigenvalue weighted by atomic mass is 15.3. The first kappa shape index (κ1) is 14.3. The fourth-order valence-corrected chi connectivity index (χ4v) is 2.96. The minimum absolute atomic E-state index is 0.400. The third-order valence-electron chi connectivity index (χ3n) is 4.43. The van der Waals surface area contributed by atoms with Crippen LogP contribution in [0.2, 0.25) is 0 Å². The molecular formula is C15H31N3. The first-order chi connectivity index (χ1) is 8.50. The zero-order valence-electron chi connectivity index (χ0n) is 12.7. The number of nitrogens with one attached hydrogen (secondary N) is 1. The van der Waals surface area contributed by atoms with Crippen LogP contribution in [0.25, 0.3) is 0 Å². The molecule has 0 radical (unpaired) electrons. The number of likely N-dealkylation sites (N-methyl/N-ethyl adjacent to an activating group) is 1. The molecule has 1 aliphatic carbocycles. The minimum atomic E-state index is 0.400. The summed E-state index contributed by atoms with van der Waals surface area (Å²) in [7, 11) is 2.27. The second kappa shape index (κ2) is 5.89. The van der Waals surface area contributed by atoms with E-state index in [2.05, 4.69) is 42.9 Å². The second-order valence-electron chi connectivity index (χ2n) is 7.10. The molecule has 0 aromatic carbocycles. The highest BCUT2D eigenvalue weighted by Crippen LogP contribution is 2.23. The van der Waals surface area contributed by atoms with Crippen molar-refractivity contribution < 1.29 is 0 Å². The molecule has 1 heterocycles. The van der Waals surface area contributed by atoms with E-state index in [0.717, 1.165) is 12.1 Å². The third kappa shape index (κ3) is 4.22. The predicted molar refractivity (Wildman–Crippen MR) is 78.0 cm³/mol. The van der Waals surface area contributed by atoms with Crippen molar-refractivity contribution in [1.82, 2.24) is 15.1 Å². The Morgan fingerprint density at radius 2 is 1.94 bits per heavy atom. The summed E-state index contributed by atoms with van der Waals surface area (Å²) >= 11 is 0. The largest absolute Gasteiger partial charge is 0.313 e. The summed E-state index contributed by atoms with van der Waals surface area (Å²) in [6.45, 7) is 13.2. The molecule has 2 aliphatic rings. The molecule has 18 heavy (non-hydrogen) atoms. The van der Waals surface area contributed by atoms with E-state index in [0.29, 0.717) is 5.41 Å². The molecule has 0 aromatic heterocycles. The van der Waals surface area contributed by atoms with Gasteiger partial charge in [0, 0.05) is 44.8 Å². The van der Waals surface area contributed by atoms with Crippen LogP contribution in [0.5, 0.6) is 0 Å². The van der Waals surface area contributed by atoms with Gasteiger partial charge in [-0.2, -0.15) is 0 Å². The van der Waals surface area contributed by atoms with Gasteiger partial charge < -0.3 is 10.2 Å². The highest BCUT2D eigenvalue weighted by molar-refractivity contribution is 4.87. The van der Waals surface area contributed by atoms with Gasteiger partial charge in [0.25, 0.3) is 0 Å². The Balaban J connectivity index is 1.76. The van der Waals surface area contributed by atoms with E-state index in [1.54, 1.807) is 0 Å². The summed E-state index contributed by atoms with van der Waals surface area (Å²) in [4.78, 5) is 5.19. The molecule has 2 fully saturated rings. The number of hydrogen-bond donors (Lipinski definition) is 1. The van der Waals surface area contributed by atoms with Crippen LogP contribution in [-0.2, 0) is 0 Å². The Labute approximate surface area is 113 Å². The summed E-state index contributed by atoms with van der Waals surface area (Å²) < 4.78 is 0. The highest BCUT2D eigenvalue weighted by Gasteiger charge is 2.29. The van der Waals surface area contributed by atoms with E-state index >= 15 is 0 Å². The van der Waals surface area contributed by atoms with Gasteiger partial charge in [0.2, 0.25) is 0 Å². The Morgan fingerprint density at radius 3 is 2.56 bits per heavy atom. The monoisotopic (exact) mass is 253 g/mol. The van der Waals surface area contributed by atoms with Gasteiger partial charge in [-0.05, 0) is 31.7 Å². The minimum Gasteiger partial charge on any atom is -0.313 e. The maximum atomic E-state index is 3.68. The lowest BCUT2D eigenvalue weighted by atomic mass is 9.91. The van der Waals surface area contributed by atoms with Crippen LogP contribution in [0, 0.1) is 5.41 Å². The van der Waals surface area contributed by atoms with E-state index in [-0.39, 0.29) is 0 Å². The Hall–Kier alpha value is -0.120. The number of hydrogen-bond acceptors (Lipinski definition) is 3. The van der Waals surface area contributed by atoms with Crippen LogP contribution in [0.4, 0.5) is 0 Å². The summed E-state index contributed by atoms with van der Waals surface area (Å²) in [5.74, 6) is 0. The van der Waals surface area contributed by atoms with Gasteiger partial charge in [-0.25, -0.2) is 0 Å². The predicted octanol–water partition coefficient (Wildman–Crippen LogP) is 1.79. The zero-order valence-corrected chi connectivity index (χ0v) is 12.7. The van der Waals surface area contributed by atoms with Crippen LogP contribution >= 0.6 is 0 Å². The van der Waals surface area contributed by atoms with Crippen LogP contribution < -0.4 is 5.32 Å².